The lowest BCUT2D eigenvalue weighted by molar-refractivity contribution is -0.570. The van der Waals surface area contributed by atoms with Gasteiger partial charge in [-0.25, -0.2) is 4.99 Å². The number of hydrogen-bond donors (Lipinski definition) is 1. The van der Waals surface area contributed by atoms with Gasteiger partial charge < -0.3 is 10.1 Å². The number of allylic oxidation sites excluding steroid dienone is 1. The Morgan fingerprint density at radius 2 is 1.53 bits per heavy atom. The van der Waals surface area contributed by atoms with Crippen molar-refractivity contribution in [3.05, 3.63) is 54.3 Å². The lowest BCUT2D eigenvalue weighted by atomic mass is 10.0. The second-order valence-corrected chi connectivity index (χ2v) is 10.2. The van der Waals surface area contributed by atoms with E-state index in [4.69, 9.17) is 9.73 Å². The smallest absolute Gasteiger partial charge is 0.159 e. The van der Waals surface area contributed by atoms with Gasteiger partial charge in [-0.2, -0.15) is 0 Å². The number of aliphatic imine (C=N–C) groups is 1. The van der Waals surface area contributed by atoms with E-state index in [9.17, 15) is 0 Å². The SMILES string of the molecule is CCCCCCCCCCCC[NH2+]c1cc2c(c3ccccc13)N=C1C=CC(N(CC)CC)C=C1O2. The summed E-state index contributed by atoms with van der Waals surface area (Å²) in [5.41, 5.74) is 3.16. The van der Waals surface area contributed by atoms with E-state index in [-0.39, 0.29) is 6.04 Å². The van der Waals surface area contributed by atoms with E-state index in [2.05, 4.69) is 79.5 Å². The summed E-state index contributed by atoms with van der Waals surface area (Å²) in [6.07, 6.45) is 20.3. The number of nitrogens with two attached hydrogens (primary N) is 1. The molecule has 1 heterocycles. The molecule has 0 spiro atoms. The Morgan fingerprint density at radius 3 is 2.22 bits per heavy atom. The maximum atomic E-state index is 6.49. The van der Waals surface area contributed by atoms with Gasteiger partial charge in [0.15, 0.2) is 11.5 Å². The van der Waals surface area contributed by atoms with Crippen LogP contribution in [0.5, 0.6) is 5.75 Å². The van der Waals surface area contributed by atoms with Crippen LogP contribution in [0, 0.1) is 0 Å². The van der Waals surface area contributed by atoms with Gasteiger partial charge in [0.1, 0.15) is 17.1 Å². The molecule has 2 aromatic carbocycles. The third-order valence-electron chi connectivity index (χ3n) is 7.65. The highest BCUT2D eigenvalue weighted by atomic mass is 16.5. The molecule has 2 N–H and O–H groups in total. The zero-order valence-electron chi connectivity index (χ0n) is 22.8. The Kier molecular flexibility index (Phi) is 10.2. The predicted octanol–water partition coefficient (Wildman–Crippen LogP) is 7.58. The van der Waals surface area contributed by atoms with E-state index < -0.39 is 0 Å². The van der Waals surface area contributed by atoms with Gasteiger partial charge in [0.2, 0.25) is 0 Å². The van der Waals surface area contributed by atoms with Gasteiger partial charge in [0.05, 0.1) is 12.6 Å². The van der Waals surface area contributed by atoms with Crippen molar-refractivity contribution in [1.82, 2.24) is 4.90 Å². The fraction of sp³-hybridized carbons (Fsp3) is 0.531. The summed E-state index contributed by atoms with van der Waals surface area (Å²) in [7, 11) is 0. The van der Waals surface area contributed by atoms with E-state index in [0.717, 1.165) is 42.5 Å². The average Bonchev–Trinajstić information content (AvgIpc) is 2.91. The Balaban J connectivity index is 1.37. The Morgan fingerprint density at radius 1 is 0.861 bits per heavy atom. The second-order valence-electron chi connectivity index (χ2n) is 10.2. The molecule has 4 rings (SSSR count). The minimum Gasteiger partial charge on any atom is -0.453 e. The van der Waals surface area contributed by atoms with E-state index in [1.54, 1.807) is 0 Å². The topological polar surface area (TPSA) is 41.4 Å². The minimum absolute atomic E-state index is 0.262. The molecule has 194 valence electrons. The maximum absolute atomic E-state index is 6.49. The number of hydrogen-bond acceptors (Lipinski definition) is 3. The summed E-state index contributed by atoms with van der Waals surface area (Å²) in [4.78, 5) is 7.47. The minimum atomic E-state index is 0.262. The maximum Gasteiger partial charge on any atom is 0.159 e. The first-order valence-electron chi connectivity index (χ1n) is 14.5. The van der Waals surface area contributed by atoms with E-state index in [0.29, 0.717) is 0 Å². The highest BCUT2D eigenvalue weighted by Gasteiger charge is 2.26. The highest BCUT2D eigenvalue weighted by Crippen LogP contribution is 2.43. The zero-order valence-corrected chi connectivity index (χ0v) is 22.8. The van der Waals surface area contributed by atoms with Gasteiger partial charge in [-0.3, -0.25) is 4.90 Å². The summed E-state index contributed by atoms with van der Waals surface area (Å²) in [6, 6.07) is 11.1. The molecule has 1 unspecified atom stereocenters. The lowest BCUT2D eigenvalue weighted by Crippen LogP contribution is -2.78. The van der Waals surface area contributed by atoms with Gasteiger partial charge in [0, 0.05) is 16.8 Å². The van der Waals surface area contributed by atoms with E-state index in [1.807, 2.05) is 0 Å². The number of unbranched alkanes of at least 4 members (excludes halogenated alkanes) is 9. The molecule has 4 heteroatoms. The van der Waals surface area contributed by atoms with Crippen molar-refractivity contribution in [1.29, 1.82) is 0 Å². The molecule has 0 aromatic heterocycles. The number of quaternary nitrogens is 1. The van der Waals surface area contributed by atoms with Crippen LogP contribution in [0.3, 0.4) is 0 Å². The van der Waals surface area contributed by atoms with Gasteiger partial charge in [-0.1, -0.05) is 96.4 Å². The van der Waals surface area contributed by atoms with E-state index in [1.165, 1.54) is 80.7 Å². The molecular formula is C32H46N3O+. The number of fused-ring (bicyclic) bond motifs is 4. The molecular weight excluding hydrogens is 442 g/mol. The predicted molar refractivity (Wildman–Crippen MR) is 154 cm³/mol. The van der Waals surface area contributed by atoms with Crippen molar-refractivity contribution in [2.75, 3.05) is 19.6 Å². The van der Waals surface area contributed by atoms with Crippen LogP contribution in [0.1, 0.15) is 85.0 Å². The fourth-order valence-corrected chi connectivity index (χ4v) is 5.47. The van der Waals surface area contributed by atoms with Gasteiger partial charge in [0.25, 0.3) is 0 Å². The van der Waals surface area contributed by atoms with Crippen molar-refractivity contribution in [2.24, 2.45) is 4.99 Å². The van der Waals surface area contributed by atoms with Crippen molar-refractivity contribution in [3.63, 3.8) is 0 Å². The fourth-order valence-electron chi connectivity index (χ4n) is 5.47. The van der Waals surface area contributed by atoms with Crippen LogP contribution in [0.4, 0.5) is 11.4 Å². The number of likely N-dealkylation sites (N-methyl/N-ethyl adjacent to an activating group) is 1. The second kappa shape index (κ2) is 13.8. The molecule has 0 amide bonds. The first kappa shape index (κ1) is 26.6. The van der Waals surface area contributed by atoms with Crippen molar-refractivity contribution >= 4 is 27.9 Å². The molecule has 2 aliphatic rings. The molecule has 36 heavy (non-hydrogen) atoms. The van der Waals surface area contributed by atoms with Crippen molar-refractivity contribution < 1.29 is 10.1 Å². The number of rotatable bonds is 15. The lowest BCUT2D eigenvalue weighted by Gasteiger charge is -2.29. The monoisotopic (exact) mass is 488 g/mol. The van der Waals surface area contributed by atoms with Crippen LogP contribution in [0.25, 0.3) is 10.8 Å². The quantitative estimate of drug-likeness (QED) is 0.207. The molecule has 0 radical (unpaired) electrons. The normalized spacial score (nSPS) is 16.5. The van der Waals surface area contributed by atoms with Crippen LogP contribution in [-0.4, -0.2) is 36.3 Å². The van der Waals surface area contributed by atoms with Crippen LogP contribution < -0.4 is 10.1 Å². The van der Waals surface area contributed by atoms with Gasteiger partial charge >= 0.3 is 0 Å². The molecule has 0 saturated heterocycles. The Labute approximate surface area is 218 Å². The van der Waals surface area contributed by atoms with Crippen molar-refractivity contribution in [2.45, 2.75) is 91.0 Å². The molecule has 1 atom stereocenters. The van der Waals surface area contributed by atoms with Crippen LogP contribution >= 0.6 is 0 Å². The first-order chi connectivity index (χ1) is 17.7. The molecule has 0 bridgehead atoms. The van der Waals surface area contributed by atoms with Gasteiger partial charge in [-0.05, 0) is 44.1 Å². The number of ether oxygens (including phenoxy) is 1. The highest BCUT2D eigenvalue weighted by molar-refractivity contribution is 6.14. The molecule has 0 fully saturated rings. The number of nitrogens with zero attached hydrogens (tertiary/aromatic N) is 2. The molecule has 4 nitrogen and oxygen atoms in total. The van der Waals surface area contributed by atoms with Gasteiger partial charge in [-0.15, -0.1) is 0 Å². The molecule has 1 aliphatic heterocycles. The zero-order chi connectivity index (χ0) is 25.2. The summed E-state index contributed by atoms with van der Waals surface area (Å²) >= 11 is 0. The average molecular weight is 489 g/mol. The van der Waals surface area contributed by atoms with Crippen LogP contribution in [0.2, 0.25) is 0 Å². The number of benzene rings is 2. The standard InChI is InChI=1S/C32H45N3O/c1-4-7-8-9-10-11-12-13-14-17-22-33-29-24-31-32(27-19-16-15-18-26(27)29)34-28-21-20-25(23-30(28)36-31)35(5-2)6-3/h15-16,18-21,23-25,33H,4-14,17,22H2,1-3H3/p+1. The van der Waals surface area contributed by atoms with Crippen molar-refractivity contribution in [3.8, 4) is 5.75 Å². The molecule has 2 aromatic rings. The summed E-state index contributed by atoms with van der Waals surface area (Å²) in [6.45, 7) is 9.85. The first-order valence-corrected chi connectivity index (χ1v) is 14.5. The van der Waals surface area contributed by atoms with E-state index >= 15 is 0 Å². The molecule has 0 saturated carbocycles. The third kappa shape index (κ3) is 6.66. The van der Waals surface area contributed by atoms with Crippen LogP contribution in [-0.2, 0) is 0 Å². The summed E-state index contributed by atoms with van der Waals surface area (Å²) < 4.78 is 6.49. The summed E-state index contributed by atoms with van der Waals surface area (Å²) in [5, 5.41) is 4.85. The third-order valence-corrected chi connectivity index (χ3v) is 7.65. The largest absolute Gasteiger partial charge is 0.453 e. The van der Waals surface area contributed by atoms with Crippen LogP contribution in [0.15, 0.2) is 59.3 Å². The Bertz CT molecular complexity index is 1080. The summed E-state index contributed by atoms with van der Waals surface area (Å²) in [5.74, 6) is 1.77. The Hall–Kier alpha value is -2.43. The molecule has 1 aliphatic carbocycles.